The second-order valence-corrected chi connectivity index (χ2v) is 6.19. The molecule has 0 radical (unpaired) electrons. The molecule has 1 atom stereocenters. The summed E-state index contributed by atoms with van der Waals surface area (Å²) in [5, 5.41) is 15.3. The van der Waals surface area contributed by atoms with Crippen LogP contribution in [0.2, 0.25) is 0 Å². The van der Waals surface area contributed by atoms with E-state index in [4.69, 9.17) is 0 Å². The number of unbranched alkanes of at least 4 members (excludes halogenated alkanes) is 2. The van der Waals surface area contributed by atoms with Gasteiger partial charge in [-0.05, 0) is 31.9 Å². The average Bonchev–Trinajstić information content (AvgIpc) is 3.01. The Morgan fingerprint density at radius 1 is 1.25 bits per heavy atom. The number of hydrogen-bond acceptors (Lipinski definition) is 3. The Kier molecular flexibility index (Phi) is 7.52. The first-order chi connectivity index (χ1) is 11.7. The van der Waals surface area contributed by atoms with Crippen molar-refractivity contribution in [3.05, 3.63) is 30.2 Å². The van der Waals surface area contributed by atoms with Crippen LogP contribution in [0.25, 0.3) is 5.65 Å². The van der Waals surface area contributed by atoms with E-state index in [-0.39, 0.29) is 0 Å². The summed E-state index contributed by atoms with van der Waals surface area (Å²) < 4.78 is 2.04. The molecule has 0 fully saturated rings. The lowest BCUT2D eigenvalue weighted by molar-refractivity contribution is 0.546. The van der Waals surface area contributed by atoms with Crippen molar-refractivity contribution in [3.63, 3.8) is 0 Å². The number of aliphatic imine (C=N–C) groups is 1. The van der Waals surface area contributed by atoms with Crippen LogP contribution < -0.4 is 10.6 Å². The molecule has 6 heteroatoms. The number of aromatic nitrogens is 3. The summed E-state index contributed by atoms with van der Waals surface area (Å²) in [6.07, 6.45) is 8.89. The van der Waals surface area contributed by atoms with Crippen LogP contribution in [-0.4, -0.2) is 40.2 Å². The highest BCUT2D eigenvalue weighted by Crippen LogP contribution is 2.05. The molecule has 0 saturated heterocycles. The molecule has 2 aromatic rings. The fourth-order valence-corrected chi connectivity index (χ4v) is 2.72. The minimum Gasteiger partial charge on any atom is -0.356 e. The number of guanidine groups is 1. The third-order valence-electron chi connectivity index (χ3n) is 4.10. The van der Waals surface area contributed by atoms with Crippen molar-refractivity contribution in [2.75, 3.05) is 13.6 Å². The number of nitrogens with one attached hydrogen (secondary N) is 2. The van der Waals surface area contributed by atoms with E-state index in [1.54, 1.807) is 0 Å². The average molecular weight is 330 g/mol. The molecule has 0 amide bonds. The number of fused-ring (bicyclic) bond motifs is 1. The van der Waals surface area contributed by atoms with E-state index in [1.807, 2.05) is 35.8 Å². The smallest absolute Gasteiger partial charge is 0.191 e. The third kappa shape index (κ3) is 5.51. The maximum atomic E-state index is 4.30. The quantitative estimate of drug-likeness (QED) is 0.421. The van der Waals surface area contributed by atoms with E-state index in [0.29, 0.717) is 6.04 Å². The molecule has 0 bridgehead atoms. The highest BCUT2D eigenvalue weighted by Gasteiger charge is 2.06. The van der Waals surface area contributed by atoms with Crippen LogP contribution in [0.4, 0.5) is 0 Å². The first-order valence-electron chi connectivity index (χ1n) is 9.00. The van der Waals surface area contributed by atoms with Crippen molar-refractivity contribution in [1.82, 2.24) is 25.2 Å². The fourth-order valence-electron chi connectivity index (χ4n) is 2.72. The molecule has 24 heavy (non-hydrogen) atoms. The minimum absolute atomic E-state index is 0.447. The van der Waals surface area contributed by atoms with Crippen molar-refractivity contribution in [1.29, 1.82) is 0 Å². The Labute approximate surface area is 144 Å². The van der Waals surface area contributed by atoms with Crippen LogP contribution in [0.5, 0.6) is 0 Å². The zero-order valence-corrected chi connectivity index (χ0v) is 15.1. The number of nitrogens with zero attached hydrogens (tertiary/aromatic N) is 4. The van der Waals surface area contributed by atoms with Gasteiger partial charge in [-0.3, -0.25) is 9.39 Å². The second-order valence-electron chi connectivity index (χ2n) is 6.19. The molecule has 2 rings (SSSR count). The van der Waals surface area contributed by atoms with Gasteiger partial charge in [0.2, 0.25) is 0 Å². The van der Waals surface area contributed by atoms with E-state index in [9.17, 15) is 0 Å². The first-order valence-corrected chi connectivity index (χ1v) is 9.00. The maximum absolute atomic E-state index is 4.30. The summed E-state index contributed by atoms with van der Waals surface area (Å²) >= 11 is 0. The van der Waals surface area contributed by atoms with Crippen LogP contribution >= 0.6 is 0 Å². The van der Waals surface area contributed by atoms with Crippen molar-refractivity contribution in [2.24, 2.45) is 4.99 Å². The SMILES string of the molecule is CCCCCC(C)NC(=NC)NCCCc1nnc2ccccn12. The van der Waals surface area contributed by atoms with Gasteiger partial charge in [0.15, 0.2) is 11.6 Å². The fraction of sp³-hybridized carbons (Fsp3) is 0.611. The highest BCUT2D eigenvalue weighted by molar-refractivity contribution is 5.79. The molecular formula is C18H30N6. The highest BCUT2D eigenvalue weighted by atomic mass is 15.2. The van der Waals surface area contributed by atoms with Crippen LogP contribution in [-0.2, 0) is 6.42 Å². The molecule has 0 aliphatic rings. The van der Waals surface area contributed by atoms with Crippen LogP contribution in [0.15, 0.2) is 29.4 Å². The van der Waals surface area contributed by atoms with E-state index < -0.39 is 0 Å². The van der Waals surface area contributed by atoms with Crippen molar-refractivity contribution in [2.45, 2.75) is 58.4 Å². The van der Waals surface area contributed by atoms with Gasteiger partial charge in [0.1, 0.15) is 5.82 Å². The molecular weight excluding hydrogens is 300 g/mol. The predicted octanol–water partition coefficient (Wildman–Crippen LogP) is 2.80. The Morgan fingerprint density at radius 3 is 2.92 bits per heavy atom. The van der Waals surface area contributed by atoms with E-state index in [2.05, 4.69) is 39.7 Å². The standard InChI is InChI=1S/C18H30N6/c1-4-5-6-10-15(2)21-18(19-3)20-13-9-12-17-23-22-16-11-7-8-14-24(16)17/h7-8,11,14-15H,4-6,9-10,12-13H2,1-3H3,(H2,19,20,21). The summed E-state index contributed by atoms with van der Waals surface area (Å²) in [6.45, 7) is 5.31. The summed E-state index contributed by atoms with van der Waals surface area (Å²) in [5.74, 6) is 1.88. The van der Waals surface area contributed by atoms with Gasteiger partial charge >= 0.3 is 0 Å². The maximum Gasteiger partial charge on any atom is 0.191 e. The normalized spacial score (nSPS) is 13.2. The Bertz CT molecular complexity index is 633. The number of rotatable bonds is 9. The zero-order valence-electron chi connectivity index (χ0n) is 15.1. The first kappa shape index (κ1) is 18.2. The van der Waals surface area contributed by atoms with Crippen LogP contribution in [0.3, 0.4) is 0 Å². The molecule has 132 valence electrons. The van der Waals surface area contributed by atoms with Gasteiger partial charge in [0.05, 0.1) is 0 Å². The van der Waals surface area contributed by atoms with E-state index in [1.165, 1.54) is 25.7 Å². The molecule has 0 spiro atoms. The largest absolute Gasteiger partial charge is 0.356 e. The Balaban J connectivity index is 1.70. The molecule has 0 aromatic carbocycles. The van der Waals surface area contributed by atoms with E-state index in [0.717, 1.165) is 36.8 Å². The minimum atomic E-state index is 0.447. The summed E-state index contributed by atoms with van der Waals surface area (Å²) in [6, 6.07) is 6.40. The van der Waals surface area contributed by atoms with Gasteiger partial charge in [-0.2, -0.15) is 0 Å². The lowest BCUT2D eigenvalue weighted by Gasteiger charge is -2.17. The molecule has 2 heterocycles. The molecule has 0 aliphatic heterocycles. The molecule has 2 N–H and O–H groups in total. The summed E-state index contributed by atoms with van der Waals surface area (Å²) in [5.41, 5.74) is 0.902. The lowest BCUT2D eigenvalue weighted by Crippen LogP contribution is -2.42. The Hall–Kier alpha value is -2.11. The molecule has 0 aliphatic carbocycles. The van der Waals surface area contributed by atoms with Gasteiger partial charge in [-0.1, -0.05) is 32.3 Å². The van der Waals surface area contributed by atoms with Gasteiger partial charge in [0.25, 0.3) is 0 Å². The zero-order chi connectivity index (χ0) is 17.2. The summed E-state index contributed by atoms with van der Waals surface area (Å²) in [4.78, 5) is 4.30. The van der Waals surface area contributed by atoms with Crippen molar-refractivity contribution >= 4 is 11.6 Å². The number of aryl methyl sites for hydroxylation is 1. The van der Waals surface area contributed by atoms with Gasteiger partial charge in [0, 0.05) is 32.3 Å². The van der Waals surface area contributed by atoms with Crippen molar-refractivity contribution in [3.8, 4) is 0 Å². The van der Waals surface area contributed by atoms with E-state index >= 15 is 0 Å². The van der Waals surface area contributed by atoms with Gasteiger partial charge in [-0.25, -0.2) is 0 Å². The molecule has 2 aromatic heterocycles. The lowest BCUT2D eigenvalue weighted by atomic mass is 10.1. The molecule has 1 unspecified atom stereocenters. The van der Waals surface area contributed by atoms with Crippen LogP contribution in [0, 0.1) is 0 Å². The summed E-state index contributed by atoms with van der Waals surface area (Å²) in [7, 11) is 1.82. The Morgan fingerprint density at radius 2 is 2.12 bits per heavy atom. The van der Waals surface area contributed by atoms with Gasteiger partial charge in [-0.15, -0.1) is 10.2 Å². The molecule has 6 nitrogen and oxygen atoms in total. The molecule has 0 saturated carbocycles. The van der Waals surface area contributed by atoms with Crippen molar-refractivity contribution < 1.29 is 0 Å². The number of pyridine rings is 1. The van der Waals surface area contributed by atoms with Gasteiger partial charge < -0.3 is 10.6 Å². The van der Waals surface area contributed by atoms with Crippen LogP contribution in [0.1, 0.15) is 51.8 Å². The second kappa shape index (κ2) is 9.90. The third-order valence-corrected chi connectivity index (χ3v) is 4.10. The topological polar surface area (TPSA) is 66.6 Å². The number of hydrogen-bond donors (Lipinski definition) is 2. The predicted molar refractivity (Wildman–Crippen MR) is 99.4 cm³/mol. The monoisotopic (exact) mass is 330 g/mol.